The minimum atomic E-state index is -0.585. The van der Waals surface area contributed by atoms with Crippen LogP contribution < -0.4 is 5.56 Å². The zero-order chi connectivity index (χ0) is 13.8. The molecule has 104 valence electrons. The molecular formula is C14H19NO4. The molecule has 1 fully saturated rings. The largest absolute Gasteiger partial charge is 0.465 e. The van der Waals surface area contributed by atoms with E-state index in [4.69, 9.17) is 4.74 Å². The molecule has 5 nitrogen and oxygen atoms in total. The lowest BCUT2D eigenvalue weighted by Gasteiger charge is -2.29. The smallest absolute Gasteiger partial charge is 0.343 e. The maximum atomic E-state index is 12.3. The minimum absolute atomic E-state index is 0.0875. The molecule has 1 aromatic rings. The maximum Gasteiger partial charge on any atom is 0.343 e. The third-order valence-corrected chi connectivity index (χ3v) is 3.70. The van der Waals surface area contributed by atoms with Gasteiger partial charge in [0.2, 0.25) is 0 Å². The molecule has 1 saturated carbocycles. The van der Waals surface area contributed by atoms with Crippen LogP contribution in [0.15, 0.2) is 23.1 Å². The van der Waals surface area contributed by atoms with Gasteiger partial charge in [-0.1, -0.05) is 0 Å². The molecule has 2 rings (SSSR count). The predicted molar refractivity (Wildman–Crippen MR) is 70.3 cm³/mol. The summed E-state index contributed by atoms with van der Waals surface area (Å²) in [5, 5.41) is 0. The average molecular weight is 265 g/mol. The van der Waals surface area contributed by atoms with Gasteiger partial charge in [-0.05, 0) is 37.8 Å². The maximum absolute atomic E-state index is 12.3. The van der Waals surface area contributed by atoms with Crippen molar-refractivity contribution < 1.29 is 14.3 Å². The fraction of sp³-hybridized carbons (Fsp3) is 0.571. The molecule has 1 aliphatic carbocycles. The van der Waals surface area contributed by atoms with Crippen molar-refractivity contribution in [2.24, 2.45) is 0 Å². The van der Waals surface area contributed by atoms with Crippen molar-refractivity contribution in [2.45, 2.75) is 37.8 Å². The Balaban J connectivity index is 2.30. The van der Waals surface area contributed by atoms with Crippen molar-refractivity contribution in [3.63, 3.8) is 0 Å². The van der Waals surface area contributed by atoms with Gasteiger partial charge in [0, 0.05) is 19.3 Å². The van der Waals surface area contributed by atoms with Crippen LogP contribution in [0.5, 0.6) is 0 Å². The Labute approximate surface area is 112 Å². The number of hydrogen-bond acceptors (Lipinski definition) is 4. The molecule has 0 radical (unpaired) electrons. The Morgan fingerprint density at radius 1 is 1.37 bits per heavy atom. The molecule has 0 spiro atoms. The molecule has 0 N–H and O–H groups in total. The summed E-state index contributed by atoms with van der Waals surface area (Å²) in [7, 11) is 2.97. The number of hydrogen-bond donors (Lipinski definition) is 0. The zero-order valence-electron chi connectivity index (χ0n) is 11.3. The van der Waals surface area contributed by atoms with Crippen LogP contribution in [0.2, 0.25) is 0 Å². The summed E-state index contributed by atoms with van der Waals surface area (Å²) >= 11 is 0. The summed E-state index contributed by atoms with van der Waals surface area (Å²) < 4.78 is 11.6. The van der Waals surface area contributed by atoms with Crippen LogP contribution in [0.3, 0.4) is 0 Å². The quantitative estimate of drug-likeness (QED) is 0.781. The molecule has 1 aliphatic rings. The van der Waals surface area contributed by atoms with Crippen molar-refractivity contribution in [3.05, 3.63) is 34.2 Å². The van der Waals surface area contributed by atoms with E-state index >= 15 is 0 Å². The molecule has 5 heteroatoms. The highest BCUT2D eigenvalue weighted by Crippen LogP contribution is 2.28. The standard InChI is InChI=1S/C14H19NO4/c1-18-11-6-3-5-10(9-11)15-8-4-7-12(13(15)16)14(17)19-2/h4,7-8,10-11H,3,5-6,9H2,1-2H3. The fourth-order valence-electron chi connectivity index (χ4n) is 2.65. The molecule has 1 aromatic heterocycles. The highest BCUT2D eigenvalue weighted by atomic mass is 16.5. The molecule has 0 bridgehead atoms. The van der Waals surface area contributed by atoms with E-state index in [9.17, 15) is 9.59 Å². The van der Waals surface area contributed by atoms with Gasteiger partial charge in [0.05, 0.1) is 13.2 Å². The van der Waals surface area contributed by atoms with Gasteiger partial charge in [-0.15, -0.1) is 0 Å². The molecule has 19 heavy (non-hydrogen) atoms. The van der Waals surface area contributed by atoms with Crippen LogP contribution in [0.1, 0.15) is 42.1 Å². The number of carbonyl (C=O) groups excluding carboxylic acids is 1. The van der Waals surface area contributed by atoms with E-state index in [0.717, 1.165) is 25.7 Å². The van der Waals surface area contributed by atoms with E-state index < -0.39 is 5.97 Å². The number of esters is 1. The highest BCUT2D eigenvalue weighted by Gasteiger charge is 2.24. The van der Waals surface area contributed by atoms with E-state index in [0.29, 0.717) is 0 Å². The highest BCUT2D eigenvalue weighted by molar-refractivity contribution is 5.88. The van der Waals surface area contributed by atoms with E-state index in [1.54, 1.807) is 23.9 Å². The monoisotopic (exact) mass is 265 g/mol. The molecule has 2 atom stereocenters. The predicted octanol–water partition coefficient (Wildman–Crippen LogP) is 1.76. The first-order valence-corrected chi connectivity index (χ1v) is 6.49. The third kappa shape index (κ3) is 2.87. The van der Waals surface area contributed by atoms with E-state index in [1.807, 2.05) is 0 Å². The number of ether oxygens (including phenoxy) is 2. The molecule has 0 aliphatic heterocycles. The first-order valence-electron chi connectivity index (χ1n) is 6.49. The number of carbonyl (C=O) groups is 1. The Kier molecular flexibility index (Phi) is 4.37. The first-order chi connectivity index (χ1) is 9.17. The van der Waals surface area contributed by atoms with Gasteiger partial charge < -0.3 is 14.0 Å². The van der Waals surface area contributed by atoms with Gasteiger partial charge in [-0.2, -0.15) is 0 Å². The Bertz CT molecular complexity index is 508. The summed E-state index contributed by atoms with van der Waals surface area (Å²) in [5.74, 6) is -0.585. The van der Waals surface area contributed by atoms with Crippen LogP contribution in [-0.2, 0) is 9.47 Å². The molecule has 0 saturated heterocycles. The second-order valence-corrected chi connectivity index (χ2v) is 4.80. The molecular weight excluding hydrogens is 246 g/mol. The van der Waals surface area contributed by atoms with Crippen molar-refractivity contribution in [1.82, 2.24) is 4.57 Å². The summed E-state index contributed by atoms with van der Waals surface area (Å²) in [6, 6.07) is 3.31. The van der Waals surface area contributed by atoms with Gasteiger partial charge in [-0.3, -0.25) is 4.79 Å². The summed E-state index contributed by atoms with van der Waals surface area (Å²) in [4.78, 5) is 23.8. The van der Waals surface area contributed by atoms with Gasteiger partial charge >= 0.3 is 5.97 Å². The Morgan fingerprint density at radius 3 is 2.84 bits per heavy atom. The van der Waals surface area contributed by atoms with Crippen molar-refractivity contribution in [3.8, 4) is 0 Å². The molecule has 2 unspecified atom stereocenters. The van der Waals surface area contributed by atoms with Gasteiger partial charge in [0.15, 0.2) is 0 Å². The van der Waals surface area contributed by atoms with Crippen LogP contribution in [0.25, 0.3) is 0 Å². The van der Waals surface area contributed by atoms with Crippen LogP contribution in [0, 0.1) is 0 Å². The number of nitrogens with zero attached hydrogens (tertiary/aromatic N) is 1. The number of aromatic nitrogens is 1. The van der Waals surface area contributed by atoms with Crippen LogP contribution in [0.4, 0.5) is 0 Å². The van der Waals surface area contributed by atoms with Gasteiger partial charge in [0.1, 0.15) is 5.56 Å². The van der Waals surface area contributed by atoms with E-state index in [2.05, 4.69) is 4.74 Å². The van der Waals surface area contributed by atoms with Gasteiger partial charge in [-0.25, -0.2) is 4.79 Å². The van der Waals surface area contributed by atoms with Crippen molar-refractivity contribution in [1.29, 1.82) is 0 Å². The normalized spacial score (nSPS) is 23.1. The number of pyridine rings is 1. The van der Waals surface area contributed by atoms with Crippen LogP contribution in [-0.4, -0.2) is 30.9 Å². The summed E-state index contributed by atoms with van der Waals surface area (Å²) in [5.41, 5.74) is -0.194. The lowest BCUT2D eigenvalue weighted by Crippen LogP contribution is -2.33. The number of methoxy groups -OCH3 is 2. The minimum Gasteiger partial charge on any atom is -0.465 e. The van der Waals surface area contributed by atoms with Gasteiger partial charge in [0.25, 0.3) is 5.56 Å². The molecule has 1 heterocycles. The average Bonchev–Trinajstić information content (AvgIpc) is 2.46. The topological polar surface area (TPSA) is 57.5 Å². The summed E-state index contributed by atoms with van der Waals surface area (Å²) in [6.07, 6.45) is 5.71. The van der Waals surface area contributed by atoms with Crippen molar-refractivity contribution >= 4 is 5.97 Å². The number of rotatable bonds is 3. The Morgan fingerprint density at radius 2 is 2.16 bits per heavy atom. The zero-order valence-corrected chi connectivity index (χ0v) is 11.3. The van der Waals surface area contributed by atoms with E-state index in [-0.39, 0.29) is 23.3 Å². The first kappa shape index (κ1) is 13.8. The lowest BCUT2D eigenvalue weighted by atomic mass is 9.92. The van der Waals surface area contributed by atoms with E-state index in [1.165, 1.54) is 13.2 Å². The molecule has 0 aromatic carbocycles. The molecule has 0 amide bonds. The Hall–Kier alpha value is -1.62. The van der Waals surface area contributed by atoms with Crippen molar-refractivity contribution in [2.75, 3.05) is 14.2 Å². The summed E-state index contributed by atoms with van der Waals surface area (Å²) in [6.45, 7) is 0. The van der Waals surface area contributed by atoms with Crippen LogP contribution >= 0.6 is 0 Å². The SMILES string of the molecule is COC(=O)c1cccn(C2CCCC(OC)C2)c1=O. The fourth-order valence-corrected chi connectivity index (χ4v) is 2.65. The lowest BCUT2D eigenvalue weighted by molar-refractivity contribution is 0.0519. The second-order valence-electron chi connectivity index (χ2n) is 4.80. The second kappa shape index (κ2) is 6.02. The third-order valence-electron chi connectivity index (χ3n) is 3.70.